The summed E-state index contributed by atoms with van der Waals surface area (Å²) >= 11 is 1.32. The van der Waals surface area contributed by atoms with Crippen molar-refractivity contribution >= 4 is 35.0 Å². The van der Waals surface area contributed by atoms with E-state index in [0.717, 1.165) is 0 Å². The van der Waals surface area contributed by atoms with Crippen LogP contribution in [-0.4, -0.2) is 88.1 Å². The van der Waals surface area contributed by atoms with Gasteiger partial charge < -0.3 is 20.1 Å². The minimum absolute atomic E-state index is 0.0261. The zero-order chi connectivity index (χ0) is 30.4. The van der Waals surface area contributed by atoms with Gasteiger partial charge in [0.25, 0.3) is 0 Å². The second-order valence-corrected chi connectivity index (χ2v) is 12.3. The minimum atomic E-state index is -1.88. The molecule has 3 aliphatic rings. The molecule has 2 saturated heterocycles. The molecule has 1 aromatic carbocycles. The van der Waals surface area contributed by atoms with Crippen LogP contribution >= 0.6 is 11.3 Å². The predicted octanol–water partition coefficient (Wildman–Crippen LogP) is 3.23. The molecule has 0 unspecified atom stereocenters. The van der Waals surface area contributed by atoms with Gasteiger partial charge in [0, 0.05) is 36.9 Å². The number of benzene rings is 1. The summed E-state index contributed by atoms with van der Waals surface area (Å²) < 4.78 is 36.4. The standard InChI is InChI=1S/C29H33F2N5O5S/c1-5-41-26(38)20-19(13-35-11-9-29(31)15-36(25(37)22(29)35)14-28(3,4)27(39)40)33-23(24-32-10-12-42-24)34-21(20)17-7-6-8-18(30)16(17)2/h6-8,10,12,21-22H,5,9,11,13-15H2,1-4H3,(H,33,34)(H,39,40)/t21-,22+,29+/m0/s1. The molecule has 2 N–H and O–H groups in total. The van der Waals surface area contributed by atoms with Gasteiger partial charge in [0.15, 0.2) is 16.5 Å². The summed E-state index contributed by atoms with van der Waals surface area (Å²) in [5.74, 6) is -2.34. The number of aliphatic imine (C=N–C) groups is 1. The van der Waals surface area contributed by atoms with E-state index < -0.39 is 46.8 Å². The first kappa shape index (κ1) is 29.8. The Morgan fingerprint density at radius 1 is 1.33 bits per heavy atom. The van der Waals surface area contributed by atoms with Crippen molar-refractivity contribution in [3.05, 3.63) is 63.0 Å². The summed E-state index contributed by atoms with van der Waals surface area (Å²) in [6.45, 7) is 6.22. The Balaban J connectivity index is 1.55. The SMILES string of the molecule is CCOC(=O)C1=C(CN2CC[C@@]3(F)CN(CC(C)(C)C(=O)O)C(=O)[C@@H]23)NC(c2nccs2)=N[C@H]1c1cccc(F)c1C. The molecule has 42 heavy (non-hydrogen) atoms. The predicted molar refractivity (Wildman–Crippen MR) is 151 cm³/mol. The highest BCUT2D eigenvalue weighted by atomic mass is 32.1. The van der Waals surface area contributed by atoms with E-state index in [4.69, 9.17) is 9.73 Å². The van der Waals surface area contributed by atoms with E-state index in [-0.39, 0.29) is 44.8 Å². The van der Waals surface area contributed by atoms with E-state index in [9.17, 15) is 23.9 Å². The van der Waals surface area contributed by atoms with Gasteiger partial charge in [-0.2, -0.15) is 0 Å². The maximum atomic E-state index is 16.2. The third-order valence-electron chi connectivity index (χ3n) is 8.06. The molecule has 2 aromatic rings. The number of amides is 1. The number of alkyl halides is 1. The highest BCUT2D eigenvalue weighted by molar-refractivity contribution is 7.11. The Hall–Kier alpha value is -3.71. The number of carboxylic acids is 1. The van der Waals surface area contributed by atoms with Crippen LogP contribution in [0.2, 0.25) is 0 Å². The van der Waals surface area contributed by atoms with Crippen molar-refractivity contribution in [1.29, 1.82) is 0 Å². The monoisotopic (exact) mass is 601 g/mol. The first-order valence-corrected chi connectivity index (χ1v) is 14.6. The van der Waals surface area contributed by atoms with Gasteiger partial charge in [-0.1, -0.05) is 12.1 Å². The van der Waals surface area contributed by atoms with Crippen molar-refractivity contribution in [2.24, 2.45) is 10.4 Å². The number of esters is 1. The number of carboxylic acid groups (broad SMARTS) is 1. The molecule has 0 aliphatic carbocycles. The number of nitrogens with zero attached hydrogens (tertiary/aromatic N) is 4. The molecule has 0 bridgehead atoms. The number of hydrogen-bond donors (Lipinski definition) is 2. The van der Waals surface area contributed by atoms with Crippen LogP contribution in [0, 0.1) is 18.2 Å². The zero-order valence-corrected chi connectivity index (χ0v) is 24.6. The number of likely N-dealkylation sites (tertiary alicyclic amines) is 2. The Kier molecular flexibility index (Phi) is 7.92. The highest BCUT2D eigenvalue weighted by Crippen LogP contribution is 2.42. The molecule has 0 saturated carbocycles. The molecule has 10 nitrogen and oxygen atoms in total. The zero-order valence-electron chi connectivity index (χ0n) is 23.8. The normalized spacial score (nSPS) is 24.5. The lowest BCUT2D eigenvalue weighted by molar-refractivity contribution is -0.149. The third kappa shape index (κ3) is 5.31. The van der Waals surface area contributed by atoms with E-state index >= 15 is 4.39 Å². The molecule has 1 aromatic heterocycles. The van der Waals surface area contributed by atoms with Crippen molar-refractivity contribution in [2.45, 2.75) is 51.9 Å². The largest absolute Gasteiger partial charge is 0.481 e. The maximum Gasteiger partial charge on any atom is 0.338 e. The quantitative estimate of drug-likeness (QED) is 0.420. The summed E-state index contributed by atoms with van der Waals surface area (Å²) in [4.78, 5) is 50.8. The van der Waals surface area contributed by atoms with Gasteiger partial charge >= 0.3 is 11.9 Å². The lowest BCUT2D eigenvalue weighted by atomic mass is 9.92. The second-order valence-electron chi connectivity index (χ2n) is 11.5. The number of amidine groups is 1. The van der Waals surface area contributed by atoms with Crippen LogP contribution < -0.4 is 5.32 Å². The van der Waals surface area contributed by atoms with Crippen molar-refractivity contribution in [2.75, 3.05) is 32.8 Å². The van der Waals surface area contributed by atoms with E-state index in [1.54, 1.807) is 42.5 Å². The van der Waals surface area contributed by atoms with Crippen molar-refractivity contribution in [1.82, 2.24) is 20.1 Å². The van der Waals surface area contributed by atoms with Crippen LogP contribution in [0.4, 0.5) is 8.78 Å². The molecule has 224 valence electrons. The molecule has 3 atom stereocenters. The number of thiazole rings is 1. The van der Waals surface area contributed by atoms with Gasteiger partial charge in [0.2, 0.25) is 5.91 Å². The first-order chi connectivity index (χ1) is 19.9. The minimum Gasteiger partial charge on any atom is -0.481 e. The van der Waals surface area contributed by atoms with Gasteiger partial charge in [-0.25, -0.2) is 18.6 Å². The maximum absolute atomic E-state index is 16.2. The Labute approximate surface area is 246 Å². The van der Waals surface area contributed by atoms with Gasteiger partial charge in [-0.05, 0) is 51.3 Å². The highest BCUT2D eigenvalue weighted by Gasteiger charge is 2.60. The third-order valence-corrected chi connectivity index (χ3v) is 8.84. The molecule has 13 heteroatoms. The number of hydrogen-bond acceptors (Lipinski definition) is 9. The van der Waals surface area contributed by atoms with Crippen LogP contribution in [0.25, 0.3) is 0 Å². The molecular formula is C29H33F2N5O5S. The fourth-order valence-electron chi connectivity index (χ4n) is 5.85. The van der Waals surface area contributed by atoms with Crippen LogP contribution in [0.3, 0.4) is 0 Å². The molecule has 0 radical (unpaired) electrons. The van der Waals surface area contributed by atoms with Gasteiger partial charge in [0.1, 0.15) is 17.9 Å². The molecule has 5 rings (SSSR count). The first-order valence-electron chi connectivity index (χ1n) is 13.7. The fourth-order valence-corrected chi connectivity index (χ4v) is 6.44. The average molecular weight is 602 g/mol. The van der Waals surface area contributed by atoms with Crippen LogP contribution in [0.5, 0.6) is 0 Å². The van der Waals surface area contributed by atoms with E-state index in [2.05, 4.69) is 10.3 Å². The topological polar surface area (TPSA) is 124 Å². The van der Waals surface area contributed by atoms with E-state index in [1.807, 2.05) is 0 Å². The summed E-state index contributed by atoms with van der Waals surface area (Å²) in [7, 11) is 0. The van der Waals surface area contributed by atoms with Crippen molar-refractivity contribution in [3.63, 3.8) is 0 Å². The van der Waals surface area contributed by atoms with E-state index in [0.29, 0.717) is 27.7 Å². The molecule has 1 amide bonds. The van der Waals surface area contributed by atoms with E-state index in [1.165, 1.54) is 36.2 Å². The molecule has 2 fully saturated rings. The van der Waals surface area contributed by atoms with Gasteiger partial charge in [-0.15, -0.1) is 11.3 Å². The summed E-state index contributed by atoms with van der Waals surface area (Å²) in [6, 6.07) is 2.47. The lowest BCUT2D eigenvalue weighted by Gasteiger charge is -2.32. The summed E-state index contributed by atoms with van der Waals surface area (Å²) in [5, 5.41) is 15.1. The Morgan fingerprint density at radius 2 is 2.10 bits per heavy atom. The molecular weight excluding hydrogens is 568 g/mol. The Bertz CT molecular complexity index is 1480. The number of fused-ring (bicyclic) bond motifs is 1. The van der Waals surface area contributed by atoms with Crippen LogP contribution in [-0.2, 0) is 19.1 Å². The summed E-state index contributed by atoms with van der Waals surface area (Å²) in [6.07, 6.45) is 1.68. The van der Waals surface area contributed by atoms with Crippen LogP contribution in [0.1, 0.15) is 49.4 Å². The average Bonchev–Trinajstić information content (AvgIpc) is 3.63. The second kappa shape index (κ2) is 11.2. The van der Waals surface area contributed by atoms with Gasteiger partial charge in [-0.3, -0.25) is 19.5 Å². The molecule has 3 aliphatic heterocycles. The lowest BCUT2D eigenvalue weighted by Crippen LogP contribution is -2.48. The number of aliphatic carboxylic acids is 1. The number of carbonyl (C=O) groups excluding carboxylic acids is 2. The van der Waals surface area contributed by atoms with Crippen molar-refractivity contribution in [3.8, 4) is 0 Å². The van der Waals surface area contributed by atoms with Gasteiger partial charge in [0.05, 0.1) is 24.1 Å². The number of aromatic nitrogens is 1. The molecule has 4 heterocycles. The fraction of sp³-hybridized carbons (Fsp3) is 0.483. The molecule has 0 spiro atoms. The van der Waals surface area contributed by atoms with Crippen molar-refractivity contribution < 1.29 is 33.0 Å². The van der Waals surface area contributed by atoms with Crippen LogP contribution in [0.15, 0.2) is 46.0 Å². The Morgan fingerprint density at radius 3 is 2.76 bits per heavy atom. The summed E-state index contributed by atoms with van der Waals surface area (Å²) in [5.41, 5.74) is -1.86. The number of carbonyl (C=O) groups is 3. The number of halogens is 2. The number of rotatable bonds is 9. The number of nitrogens with one attached hydrogen (secondary N) is 1. The number of ether oxygens (including phenoxy) is 1. The smallest absolute Gasteiger partial charge is 0.338 e.